The van der Waals surface area contributed by atoms with Crippen molar-refractivity contribution in [3.05, 3.63) is 35.9 Å². The number of rotatable bonds is 6. The zero-order chi connectivity index (χ0) is 14.5. The highest BCUT2D eigenvalue weighted by atomic mass is 16.5. The fourth-order valence-corrected chi connectivity index (χ4v) is 1.97. The summed E-state index contributed by atoms with van der Waals surface area (Å²) in [6.07, 6.45) is 0. The molecule has 0 saturated heterocycles. The van der Waals surface area contributed by atoms with Gasteiger partial charge in [0.15, 0.2) is 0 Å². The summed E-state index contributed by atoms with van der Waals surface area (Å²) < 4.78 is 4.77. The maximum absolute atomic E-state index is 11.5. The fourth-order valence-electron chi connectivity index (χ4n) is 1.97. The topological polar surface area (TPSA) is 38.3 Å². The minimum atomic E-state index is -0.169. The molecule has 106 valence electrons. The van der Waals surface area contributed by atoms with Gasteiger partial charge in [-0.3, -0.25) is 4.79 Å². The van der Waals surface area contributed by atoms with Crippen LogP contribution in [-0.4, -0.2) is 25.7 Å². The third-order valence-corrected chi connectivity index (χ3v) is 3.74. The first-order chi connectivity index (χ1) is 8.88. The Kier molecular flexibility index (Phi) is 5.55. The summed E-state index contributed by atoms with van der Waals surface area (Å²) >= 11 is 0. The Morgan fingerprint density at radius 3 is 2.37 bits per heavy atom. The van der Waals surface area contributed by atoms with Gasteiger partial charge in [0.05, 0.1) is 13.0 Å². The number of carbonyl (C=O) groups excluding carboxylic acids is 1. The van der Waals surface area contributed by atoms with Gasteiger partial charge in [0.2, 0.25) is 0 Å². The Hall–Kier alpha value is -1.35. The molecule has 0 fully saturated rings. The van der Waals surface area contributed by atoms with Crippen LogP contribution in [0.1, 0.15) is 33.3 Å². The van der Waals surface area contributed by atoms with Crippen molar-refractivity contribution in [2.24, 2.45) is 5.92 Å². The molecular formula is C16H25NO2. The zero-order valence-electron chi connectivity index (χ0n) is 12.6. The second-order valence-corrected chi connectivity index (χ2v) is 5.73. The van der Waals surface area contributed by atoms with E-state index in [0.29, 0.717) is 0 Å². The van der Waals surface area contributed by atoms with E-state index in [2.05, 4.69) is 43.4 Å². The number of benzene rings is 1. The molecule has 0 aliphatic carbocycles. The predicted molar refractivity (Wildman–Crippen MR) is 78.1 cm³/mol. The molecule has 0 aromatic heterocycles. The molecule has 1 aromatic carbocycles. The minimum absolute atomic E-state index is 0.0331. The molecule has 19 heavy (non-hydrogen) atoms. The number of carbonyl (C=O) groups is 1. The van der Waals surface area contributed by atoms with Crippen molar-refractivity contribution in [3.8, 4) is 0 Å². The normalized spacial score (nSPS) is 14.8. The summed E-state index contributed by atoms with van der Waals surface area (Å²) in [4.78, 5) is 11.5. The van der Waals surface area contributed by atoms with Crippen LogP contribution in [0.4, 0.5) is 0 Å². The fraction of sp³-hybridized carbons (Fsp3) is 0.562. The monoisotopic (exact) mass is 263 g/mol. The van der Waals surface area contributed by atoms with Gasteiger partial charge in [0, 0.05) is 18.0 Å². The lowest BCUT2D eigenvalue weighted by atomic mass is 9.84. The molecule has 2 atom stereocenters. The smallest absolute Gasteiger partial charge is 0.309 e. The molecule has 0 aliphatic heterocycles. The first-order valence-electron chi connectivity index (χ1n) is 6.75. The van der Waals surface area contributed by atoms with Crippen LogP contribution in [0.3, 0.4) is 0 Å². The van der Waals surface area contributed by atoms with E-state index < -0.39 is 0 Å². The summed E-state index contributed by atoms with van der Waals surface area (Å²) in [5.74, 6) is -0.311. The number of methoxy groups -OCH3 is 1. The van der Waals surface area contributed by atoms with Crippen LogP contribution >= 0.6 is 0 Å². The van der Waals surface area contributed by atoms with E-state index in [-0.39, 0.29) is 23.3 Å². The Morgan fingerprint density at radius 1 is 1.26 bits per heavy atom. The highest BCUT2D eigenvalue weighted by molar-refractivity contribution is 5.72. The quantitative estimate of drug-likeness (QED) is 0.802. The highest BCUT2D eigenvalue weighted by Gasteiger charge is 2.25. The molecular weight excluding hydrogens is 238 g/mol. The molecule has 2 unspecified atom stereocenters. The lowest BCUT2D eigenvalue weighted by Gasteiger charge is -2.29. The van der Waals surface area contributed by atoms with Crippen molar-refractivity contribution in [1.29, 1.82) is 0 Å². The summed E-state index contributed by atoms with van der Waals surface area (Å²) in [7, 11) is 1.43. The van der Waals surface area contributed by atoms with Gasteiger partial charge in [0.25, 0.3) is 0 Å². The van der Waals surface area contributed by atoms with Crippen LogP contribution in [0.2, 0.25) is 0 Å². The standard InChI is InChI=1S/C16H25NO2/c1-12(15(18)19-5)13(2)17-11-16(3,4)14-9-7-6-8-10-14/h6-10,12-13,17H,11H2,1-5H3. The van der Waals surface area contributed by atoms with Crippen LogP contribution in [0.5, 0.6) is 0 Å². The number of ether oxygens (including phenoxy) is 1. The Labute approximate surface area is 116 Å². The summed E-state index contributed by atoms with van der Waals surface area (Å²) in [5.41, 5.74) is 1.33. The Morgan fingerprint density at radius 2 is 1.84 bits per heavy atom. The number of esters is 1. The molecule has 0 saturated carbocycles. The van der Waals surface area contributed by atoms with Gasteiger partial charge in [0.1, 0.15) is 0 Å². The molecule has 1 aromatic rings. The lowest BCUT2D eigenvalue weighted by molar-refractivity contribution is -0.145. The molecule has 0 bridgehead atoms. The van der Waals surface area contributed by atoms with E-state index in [9.17, 15) is 4.79 Å². The maximum Gasteiger partial charge on any atom is 0.309 e. The molecule has 0 spiro atoms. The van der Waals surface area contributed by atoms with Crippen LogP contribution < -0.4 is 5.32 Å². The Balaban J connectivity index is 2.58. The van der Waals surface area contributed by atoms with Crippen LogP contribution in [-0.2, 0) is 14.9 Å². The first-order valence-corrected chi connectivity index (χ1v) is 6.75. The van der Waals surface area contributed by atoms with E-state index >= 15 is 0 Å². The van der Waals surface area contributed by atoms with E-state index in [0.717, 1.165) is 6.54 Å². The second kappa shape index (κ2) is 6.71. The molecule has 3 nitrogen and oxygen atoms in total. The van der Waals surface area contributed by atoms with Crippen molar-refractivity contribution in [2.75, 3.05) is 13.7 Å². The number of nitrogens with one attached hydrogen (secondary N) is 1. The van der Waals surface area contributed by atoms with Gasteiger partial charge in [-0.05, 0) is 12.5 Å². The highest BCUT2D eigenvalue weighted by Crippen LogP contribution is 2.22. The largest absolute Gasteiger partial charge is 0.469 e. The van der Waals surface area contributed by atoms with E-state index in [1.807, 2.05) is 19.9 Å². The second-order valence-electron chi connectivity index (χ2n) is 5.73. The van der Waals surface area contributed by atoms with Gasteiger partial charge in [-0.15, -0.1) is 0 Å². The maximum atomic E-state index is 11.5. The first kappa shape index (κ1) is 15.7. The van der Waals surface area contributed by atoms with Crippen molar-refractivity contribution in [2.45, 2.75) is 39.2 Å². The Bertz CT molecular complexity index is 400. The predicted octanol–water partition coefficient (Wildman–Crippen LogP) is 2.75. The van der Waals surface area contributed by atoms with Crippen molar-refractivity contribution < 1.29 is 9.53 Å². The van der Waals surface area contributed by atoms with Crippen LogP contribution in [0, 0.1) is 5.92 Å². The lowest BCUT2D eigenvalue weighted by Crippen LogP contribution is -2.43. The molecule has 1 N–H and O–H groups in total. The molecule has 0 aliphatic rings. The van der Waals surface area contributed by atoms with Gasteiger partial charge in [-0.25, -0.2) is 0 Å². The van der Waals surface area contributed by atoms with E-state index in [4.69, 9.17) is 4.74 Å². The van der Waals surface area contributed by atoms with Gasteiger partial charge in [-0.1, -0.05) is 51.1 Å². The molecule has 1 rings (SSSR count). The third-order valence-electron chi connectivity index (χ3n) is 3.74. The SMILES string of the molecule is COC(=O)C(C)C(C)NCC(C)(C)c1ccccc1. The average Bonchev–Trinajstić information content (AvgIpc) is 2.44. The minimum Gasteiger partial charge on any atom is -0.469 e. The van der Waals surface area contributed by atoms with Crippen molar-refractivity contribution in [1.82, 2.24) is 5.32 Å². The molecule has 3 heteroatoms. The summed E-state index contributed by atoms with van der Waals surface area (Å²) in [5, 5.41) is 3.44. The van der Waals surface area contributed by atoms with Gasteiger partial charge >= 0.3 is 5.97 Å². The van der Waals surface area contributed by atoms with Crippen LogP contribution in [0.15, 0.2) is 30.3 Å². The third kappa shape index (κ3) is 4.35. The molecule has 0 radical (unpaired) electrons. The van der Waals surface area contributed by atoms with Gasteiger partial charge < -0.3 is 10.1 Å². The van der Waals surface area contributed by atoms with E-state index in [1.54, 1.807) is 0 Å². The van der Waals surface area contributed by atoms with Crippen molar-refractivity contribution in [3.63, 3.8) is 0 Å². The van der Waals surface area contributed by atoms with Crippen LogP contribution in [0.25, 0.3) is 0 Å². The average molecular weight is 263 g/mol. The van der Waals surface area contributed by atoms with Gasteiger partial charge in [-0.2, -0.15) is 0 Å². The molecule has 0 amide bonds. The zero-order valence-corrected chi connectivity index (χ0v) is 12.6. The summed E-state index contributed by atoms with van der Waals surface area (Å²) in [6.45, 7) is 9.12. The van der Waals surface area contributed by atoms with Crippen molar-refractivity contribution >= 4 is 5.97 Å². The van der Waals surface area contributed by atoms with E-state index in [1.165, 1.54) is 12.7 Å². The molecule has 0 heterocycles. The summed E-state index contributed by atoms with van der Waals surface area (Å²) in [6, 6.07) is 10.5. The number of hydrogen-bond donors (Lipinski definition) is 1. The number of hydrogen-bond acceptors (Lipinski definition) is 3.